The molecule has 406 valence electrons. The zero-order valence-corrected chi connectivity index (χ0v) is 47.2. The first-order chi connectivity index (χ1) is 33.0. The van der Waals surface area contributed by atoms with E-state index in [2.05, 4.69) is 31.3 Å². The fourth-order valence-electron chi connectivity index (χ4n) is 9.27. The number of aliphatic hydroxyl groups excluding tert-OH is 1. The van der Waals surface area contributed by atoms with E-state index in [-0.39, 0.29) is 19.1 Å². The van der Waals surface area contributed by atoms with Crippen LogP contribution in [0.2, 0.25) is 0 Å². The second-order valence-electron chi connectivity index (χ2n) is 22.1. The maximum Gasteiger partial charge on any atom is 0.268 e. The molecule has 1 amide bonds. The number of nitrogens with one attached hydrogen (secondary N) is 1. The number of amides is 1. The van der Waals surface area contributed by atoms with E-state index in [0.29, 0.717) is 23.9 Å². The number of hydrogen-bond acceptors (Lipinski definition) is 6. The lowest BCUT2D eigenvalue weighted by Gasteiger charge is -2.30. The second-order valence-corrected chi connectivity index (χ2v) is 23.5. The number of hydrogen-bond donors (Lipinski definition) is 2. The minimum absolute atomic E-state index is 0.0151. The summed E-state index contributed by atoms with van der Waals surface area (Å²) in [5.41, 5.74) is 0. The van der Waals surface area contributed by atoms with Crippen molar-refractivity contribution in [3.05, 3.63) is 12.2 Å². The summed E-state index contributed by atoms with van der Waals surface area (Å²) in [5.74, 6) is -0.159. The molecule has 0 fully saturated rings. The first-order valence-electron chi connectivity index (χ1n) is 30.0. The Bertz CT molecular complexity index is 1120. The van der Waals surface area contributed by atoms with Gasteiger partial charge in [-0.2, -0.15) is 0 Å². The first kappa shape index (κ1) is 67.2. The third-order valence-corrected chi connectivity index (χ3v) is 15.0. The fourth-order valence-corrected chi connectivity index (χ4v) is 10.00. The van der Waals surface area contributed by atoms with Crippen LogP contribution in [0.5, 0.6) is 0 Å². The van der Waals surface area contributed by atoms with Gasteiger partial charge in [-0.05, 0) is 38.5 Å². The maximum atomic E-state index is 13.0. The van der Waals surface area contributed by atoms with E-state index < -0.39 is 20.0 Å². The molecule has 0 aromatic heterocycles. The molecule has 68 heavy (non-hydrogen) atoms. The molecule has 3 atom stereocenters. The molecule has 0 aliphatic heterocycles. The van der Waals surface area contributed by atoms with Gasteiger partial charge in [0.05, 0.1) is 39.9 Å². The standard InChI is InChI=1S/C59H119N2O6P/c1-6-8-10-12-14-16-18-20-22-24-25-26-27-28-29-30-31-32-33-34-35-36-37-39-41-43-45-47-49-51-53-59(63)60-57(56-67-68(64,65)66-55-54-61(3,4)5)58(62)52-50-48-46-44-42-40-38-23-21-19-17-15-13-11-9-7-2/h28-29,57-58,62H,6-27,30-56H2,1-5H3,(H-,60,63,64,65)/b29-28-. The zero-order chi connectivity index (χ0) is 49.9. The van der Waals surface area contributed by atoms with Crippen molar-refractivity contribution in [2.45, 2.75) is 321 Å². The van der Waals surface area contributed by atoms with Crippen LogP contribution in [-0.4, -0.2) is 68.5 Å². The number of phosphoric ester groups is 1. The molecule has 9 heteroatoms. The third kappa shape index (κ3) is 53.0. The summed E-state index contributed by atoms with van der Waals surface area (Å²) < 4.78 is 23.4. The number of phosphoric acid groups is 1. The number of allylic oxidation sites excluding steroid dienone is 2. The first-order valence-corrected chi connectivity index (χ1v) is 31.5. The highest BCUT2D eigenvalue weighted by Crippen LogP contribution is 2.38. The lowest BCUT2D eigenvalue weighted by molar-refractivity contribution is -0.870. The molecule has 0 bridgehead atoms. The van der Waals surface area contributed by atoms with Gasteiger partial charge in [0.15, 0.2) is 0 Å². The molecule has 0 saturated heterocycles. The monoisotopic (exact) mass is 983 g/mol. The van der Waals surface area contributed by atoms with Crippen LogP contribution in [-0.2, 0) is 18.4 Å². The van der Waals surface area contributed by atoms with Gasteiger partial charge in [0.1, 0.15) is 13.2 Å². The highest BCUT2D eigenvalue weighted by Gasteiger charge is 2.24. The quantitative estimate of drug-likeness (QED) is 0.0272. The van der Waals surface area contributed by atoms with Gasteiger partial charge in [-0.25, -0.2) is 0 Å². The molecule has 0 spiro atoms. The minimum Gasteiger partial charge on any atom is -0.756 e. The molecule has 0 aliphatic carbocycles. The smallest absolute Gasteiger partial charge is 0.268 e. The Morgan fingerprint density at radius 2 is 0.809 bits per heavy atom. The molecular formula is C59H119N2O6P. The predicted molar refractivity (Wildman–Crippen MR) is 293 cm³/mol. The summed E-state index contributed by atoms with van der Waals surface area (Å²) in [6, 6.07) is -0.797. The Labute approximate surface area is 424 Å². The van der Waals surface area contributed by atoms with E-state index in [0.717, 1.165) is 38.5 Å². The van der Waals surface area contributed by atoms with E-state index in [9.17, 15) is 19.4 Å². The van der Waals surface area contributed by atoms with Crippen LogP contribution >= 0.6 is 7.82 Å². The number of quaternary nitrogens is 1. The van der Waals surface area contributed by atoms with Crippen molar-refractivity contribution in [3.8, 4) is 0 Å². The zero-order valence-electron chi connectivity index (χ0n) is 46.3. The topological polar surface area (TPSA) is 108 Å². The highest BCUT2D eigenvalue weighted by atomic mass is 31.2. The summed E-state index contributed by atoms with van der Waals surface area (Å²) in [5, 5.41) is 14.0. The molecule has 0 aromatic carbocycles. The van der Waals surface area contributed by atoms with Gasteiger partial charge in [-0.15, -0.1) is 0 Å². The molecule has 8 nitrogen and oxygen atoms in total. The van der Waals surface area contributed by atoms with Crippen LogP contribution in [0.4, 0.5) is 0 Å². The summed E-state index contributed by atoms with van der Waals surface area (Å²) in [6.45, 7) is 4.77. The number of carbonyl (C=O) groups excluding carboxylic acids is 1. The van der Waals surface area contributed by atoms with Crippen LogP contribution in [0.15, 0.2) is 12.2 Å². The Hall–Kier alpha value is -0.760. The SMILES string of the molecule is CCCCCCCCCCCCCC/C=C\CCCCCCCCCCCCCCCCC(=O)NC(COP(=O)([O-])OCC[N+](C)(C)C)C(O)CCCCCCCCCCCCCCCCCC. The number of unbranched alkanes of at least 4 members (excludes halogenated alkanes) is 41. The molecule has 0 saturated carbocycles. The van der Waals surface area contributed by atoms with Crippen molar-refractivity contribution < 1.29 is 32.9 Å². The predicted octanol–water partition coefficient (Wildman–Crippen LogP) is 17.6. The van der Waals surface area contributed by atoms with Crippen LogP contribution in [0.25, 0.3) is 0 Å². The van der Waals surface area contributed by atoms with Crippen molar-refractivity contribution in [2.75, 3.05) is 40.9 Å². The number of likely N-dealkylation sites (N-methyl/N-ethyl adjacent to an activating group) is 1. The number of rotatable bonds is 56. The van der Waals surface area contributed by atoms with Gasteiger partial charge < -0.3 is 28.8 Å². The Morgan fingerprint density at radius 1 is 0.500 bits per heavy atom. The molecule has 2 N–H and O–H groups in total. The molecule has 0 heterocycles. The Morgan fingerprint density at radius 3 is 1.15 bits per heavy atom. The summed E-state index contributed by atoms with van der Waals surface area (Å²) in [6.07, 6.45) is 62.5. The lowest BCUT2D eigenvalue weighted by Crippen LogP contribution is -2.46. The maximum absolute atomic E-state index is 13.0. The lowest BCUT2D eigenvalue weighted by atomic mass is 10.0. The van der Waals surface area contributed by atoms with Crippen LogP contribution in [0.3, 0.4) is 0 Å². The minimum atomic E-state index is -4.57. The Balaban J connectivity index is 4.03. The van der Waals surface area contributed by atoms with Gasteiger partial charge >= 0.3 is 0 Å². The number of nitrogens with zero attached hydrogens (tertiary/aromatic N) is 1. The van der Waals surface area contributed by atoms with Crippen LogP contribution in [0, 0.1) is 0 Å². The fraction of sp³-hybridized carbons (Fsp3) is 0.949. The molecule has 0 radical (unpaired) electrons. The van der Waals surface area contributed by atoms with Crippen molar-refractivity contribution in [1.29, 1.82) is 0 Å². The average molecular weight is 984 g/mol. The molecule has 3 unspecified atom stereocenters. The number of aliphatic hydroxyl groups is 1. The highest BCUT2D eigenvalue weighted by molar-refractivity contribution is 7.45. The van der Waals surface area contributed by atoms with Gasteiger partial charge in [0, 0.05) is 6.42 Å². The normalized spacial score (nSPS) is 13.9. The van der Waals surface area contributed by atoms with Gasteiger partial charge in [0.2, 0.25) is 5.91 Å². The molecule has 0 aliphatic rings. The van der Waals surface area contributed by atoms with E-state index in [4.69, 9.17) is 9.05 Å². The summed E-state index contributed by atoms with van der Waals surface area (Å²) >= 11 is 0. The Kier molecular flexibility index (Phi) is 50.6. The van der Waals surface area contributed by atoms with Gasteiger partial charge in [0.25, 0.3) is 7.82 Å². The largest absolute Gasteiger partial charge is 0.756 e. The van der Waals surface area contributed by atoms with E-state index in [1.807, 2.05) is 21.1 Å². The number of carbonyl (C=O) groups is 1. The average Bonchev–Trinajstić information content (AvgIpc) is 3.30. The van der Waals surface area contributed by atoms with Crippen LogP contribution in [0.1, 0.15) is 309 Å². The summed E-state index contributed by atoms with van der Waals surface area (Å²) in [4.78, 5) is 25.5. The molecule has 0 rings (SSSR count). The van der Waals surface area contributed by atoms with E-state index in [1.54, 1.807) is 0 Å². The van der Waals surface area contributed by atoms with E-state index >= 15 is 0 Å². The van der Waals surface area contributed by atoms with Crippen molar-refractivity contribution in [1.82, 2.24) is 5.32 Å². The molecule has 0 aromatic rings. The van der Waals surface area contributed by atoms with Crippen molar-refractivity contribution in [2.24, 2.45) is 0 Å². The molecular weight excluding hydrogens is 864 g/mol. The summed E-state index contributed by atoms with van der Waals surface area (Å²) in [7, 11) is 1.32. The van der Waals surface area contributed by atoms with Gasteiger partial charge in [-0.3, -0.25) is 9.36 Å². The van der Waals surface area contributed by atoms with Gasteiger partial charge in [-0.1, -0.05) is 276 Å². The van der Waals surface area contributed by atoms with Crippen molar-refractivity contribution in [3.63, 3.8) is 0 Å². The van der Waals surface area contributed by atoms with Crippen LogP contribution < -0.4 is 10.2 Å². The van der Waals surface area contributed by atoms with Crippen molar-refractivity contribution >= 4 is 13.7 Å². The van der Waals surface area contributed by atoms with E-state index in [1.165, 1.54) is 244 Å². The second kappa shape index (κ2) is 51.2. The third-order valence-electron chi connectivity index (χ3n) is 14.0.